The Morgan fingerprint density at radius 1 is 1.43 bits per heavy atom. The van der Waals surface area contributed by atoms with Gasteiger partial charge in [0.1, 0.15) is 0 Å². The molecule has 0 atom stereocenters. The van der Waals surface area contributed by atoms with E-state index in [0.29, 0.717) is 19.4 Å². The minimum absolute atomic E-state index is 0.273. The van der Waals surface area contributed by atoms with Gasteiger partial charge in [-0.2, -0.15) is 0 Å². The summed E-state index contributed by atoms with van der Waals surface area (Å²) in [6.07, 6.45) is 2.86. The zero-order chi connectivity index (χ0) is 11.0. The Hall–Kier alpha value is -1.03. The number of carbonyl (C=O) groups is 1. The van der Waals surface area contributed by atoms with Crippen LogP contribution >= 0.6 is 0 Å². The molecule has 0 aliphatic heterocycles. The molecule has 0 aromatic rings. The Kier molecular flexibility index (Phi) is 5.95. The molecule has 3 N–H and O–H groups in total. The van der Waals surface area contributed by atoms with Crippen molar-refractivity contribution in [2.45, 2.75) is 32.3 Å². The number of carbonyl (C=O) groups excluding carboxylic acids is 1. The third kappa shape index (κ3) is 4.87. The molecule has 4 heteroatoms. The molecular formula is C10H20N2O2. The molecule has 0 aromatic carbocycles. The molecule has 0 saturated heterocycles. The molecule has 0 aliphatic carbocycles. The standard InChI is InChI=1S/C10H20N2O2/c1-4-7-11-9(13)12-8-10(14,5-2)6-3/h4,14H,1,5-8H2,2-3H3,(H2,11,12,13). The van der Waals surface area contributed by atoms with E-state index in [2.05, 4.69) is 17.2 Å². The van der Waals surface area contributed by atoms with E-state index >= 15 is 0 Å². The number of urea groups is 1. The van der Waals surface area contributed by atoms with Crippen molar-refractivity contribution in [1.29, 1.82) is 0 Å². The minimum Gasteiger partial charge on any atom is -0.388 e. The van der Waals surface area contributed by atoms with Crippen LogP contribution in [0.2, 0.25) is 0 Å². The highest BCUT2D eigenvalue weighted by Gasteiger charge is 2.22. The Bertz CT molecular complexity index is 189. The quantitative estimate of drug-likeness (QED) is 0.561. The predicted octanol–water partition coefficient (Wildman–Crippen LogP) is 1.02. The first kappa shape index (κ1) is 13.0. The smallest absolute Gasteiger partial charge is 0.315 e. The number of amides is 2. The average Bonchev–Trinajstić information content (AvgIpc) is 2.23. The summed E-state index contributed by atoms with van der Waals surface area (Å²) in [5.41, 5.74) is -0.786. The molecule has 0 radical (unpaired) electrons. The molecule has 2 amide bonds. The van der Waals surface area contributed by atoms with Gasteiger partial charge in [-0.3, -0.25) is 0 Å². The molecule has 0 aromatic heterocycles. The fourth-order valence-corrected chi connectivity index (χ4v) is 0.972. The van der Waals surface area contributed by atoms with Crippen LogP contribution in [-0.2, 0) is 0 Å². The van der Waals surface area contributed by atoms with E-state index in [-0.39, 0.29) is 12.6 Å². The molecule has 0 spiro atoms. The number of hydrogen-bond acceptors (Lipinski definition) is 2. The first-order valence-corrected chi connectivity index (χ1v) is 4.93. The predicted molar refractivity (Wildman–Crippen MR) is 57.1 cm³/mol. The van der Waals surface area contributed by atoms with Crippen LogP contribution in [0.25, 0.3) is 0 Å². The molecule has 4 nitrogen and oxygen atoms in total. The van der Waals surface area contributed by atoms with Crippen LogP contribution in [-0.4, -0.2) is 29.8 Å². The molecule has 0 rings (SSSR count). The minimum atomic E-state index is -0.786. The summed E-state index contributed by atoms with van der Waals surface area (Å²) in [5, 5.41) is 15.0. The molecular weight excluding hydrogens is 180 g/mol. The summed E-state index contributed by atoms with van der Waals surface area (Å²) in [5.74, 6) is 0. The number of aliphatic hydroxyl groups is 1. The van der Waals surface area contributed by atoms with Gasteiger partial charge >= 0.3 is 6.03 Å². The normalized spacial score (nSPS) is 10.8. The number of rotatable bonds is 6. The van der Waals surface area contributed by atoms with Gasteiger partial charge in [0.2, 0.25) is 0 Å². The van der Waals surface area contributed by atoms with Gasteiger partial charge in [0.25, 0.3) is 0 Å². The van der Waals surface area contributed by atoms with Gasteiger partial charge in [0, 0.05) is 13.1 Å². The maximum Gasteiger partial charge on any atom is 0.315 e. The van der Waals surface area contributed by atoms with Crippen LogP contribution in [0.15, 0.2) is 12.7 Å². The SMILES string of the molecule is C=CCNC(=O)NCC(O)(CC)CC. The van der Waals surface area contributed by atoms with Crippen molar-refractivity contribution in [2.75, 3.05) is 13.1 Å². The van der Waals surface area contributed by atoms with Crippen LogP contribution in [0.1, 0.15) is 26.7 Å². The van der Waals surface area contributed by atoms with Gasteiger partial charge in [-0.05, 0) is 12.8 Å². The van der Waals surface area contributed by atoms with Crippen LogP contribution in [0.4, 0.5) is 4.79 Å². The lowest BCUT2D eigenvalue weighted by Gasteiger charge is -2.25. The third-order valence-electron chi connectivity index (χ3n) is 2.30. The van der Waals surface area contributed by atoms with Crippen LogP contribution in [0, 0.1) is 0 Å². The van der Waals surface area contributed by atoms with Crippen LogP contribution in [0.3, 0.4) is 0 Å². The number of nitrogens with one attached hydrogen (secondary N) is 2. The van der Waals surface area contributed by atoms with Gasteiger partial charge in [0.05, 0.1) is 5.60 Å². The highest BCUT2D eigenvalue weighted by atomic mass is 16.3. The van der Waals surface area contributed by atoms with E-state index in [0.717, 1.165) is 0 Å². The maximum atomic E-state index is 11.1. The van der Waals surface area contributed by atoms with E-state index in [4.69, 9.17) is 0 Å². The number of hydrogen-bond donors (Lipinski definition) is 3. The molecule has 0 heterocycles. The molecule has 82 valence electrons. The summed E-state index contributed by atoms with van der Waals surface area (Å²) in [6, 6.07) is -0.273. The van der Waals surface area contributed by atoms with Crippen molar-refractivity contribution in [1.82, 2.24) is 10.6 Å². The molecule has 0 unspecified atom stereocenters. The summed E-state index contributed by atoms with van der Waals surface area (Å²) < 4.78 is 0. The van der Waals surface area contributed by atoms with Gasteiger partial charge < -0.3 is 15.7 Å². The maximum absolute atomic E-state index is 11.1. The Labute approximate surface area is 85.4 Å². The van der Waals surface area contributed by atoms with Crippen molar-refractivity contribution in [3.8, 4) is 0 Å². The van der Waals surface area contributed by atoms with Gasteiger partial charge in [-0.1, -0.05) is 19.9 Å². The van der Waals surface area contributed by atoms with Crippen molar-refractivity contribution in [2.24, 2.45) is 0 Å². The van der Waals surface area contributed by atoms with Crippen molar-refractivity contribution in [3.63, 3.8) is 0 Å². The Morgan fingerprint density at radius 2 is 2.00 bits per heavy atom. The molecule has 0 aliphatic rings. The molecule has 14 heavy (non-hydrogen) atoms. The average molecular weight is 200 g/mol. The van der Waals surface area contributed by atoms with Crippen molar-refractivity contribution in [3.05, 3.63) is 12.7 Å². The van der Waals surface area contributed by atoms with E-state index in [1.807, 2.05) is 13.8 Å². The lowest BCUT2D eigenvalue weighted by atomic mass is 9.98. The molecule has 0 bridgehead atoms. The summed E-state index contributed by atoms with van der Waals surface area (Å²) >= 11 is 0. The van der Waals surface area contributed by atoms with Crippen molar-refractivity contribution < 1.29 is 9.90 Å². The summed E-state index contributed by atoms with van der Waals surface area (Å²) in [7, 11) is 0. The lowest BCUT2D eigenvalue weighted by Crippen LogP contribution is -2.45. The third-order valence-corrected chi connectivity index (χ3v) is 2.30. The highest BCUT2D eigenvalue weighted by Crippen LogP contribution is 2.12. The fourth-order valence-electron chi connectivity index (χ4n) is 0.972. The topological polar surface area (TPSA) is 61.4 Å². The van der Waals surface area contributed by atoms with Gasteiger partial charge in [-0.25, -0.2) is 4.79 Å². The van der Waals surface area contributed by atoms with Crippen LogP contribution in [0.5, 0.6) is 0 Å². The largest absolute Gasteiger partial charge is 0.388 e. The summed E-state index contributed by atoms with van der Waals surface area (Å²) in [6.45, 7) is 7.99. The van der Waals surface area contributed by atoms with E-state index in [9.17, 15) is 9.90 Å². The van der Waals surface area contributed by atoms with E-state index in [1.54, 1.807) is 6.08 Å². The summed E-state index contributed by atoms with van der Waals surface area (Å²) in [4.78, 5) is 11.1. The first-order valence-electron chi connectivity index (χ1n) is 4.93. The first-order chi connectivity index (χ1) is 6.58. The molecule has 0 saturated carbocycles. The van der Waals surface area contributed by atoms with Crippen molar-refractivity contribution >= 4 is 6.03 Å². The fraction of sp³-hybridized carbons (Fsp3) is 0.700. The van der Waals surface area contributed by atoms with E-state index in [1.165, 1.54) is 0 Å². The lowest BCUT2D eigenvalue weighted by molar-refractivity contribution is 0.0350. The Balaban J connectivity index is 3.79. The Morgan fingerprint density at radius 3 is 2.43 bits per heavy atom. The molecule has 0 fully saturated rings. The monoisotopic (exact) mass is 200 g/mol. The second-order valence-electron chi connectivity index (χ2n) is 3.28. The zero-order valence-corrected chi connectivity index (χ0v) is 8.97. The second-order valence-corrected chi connectivity index (χ2v) is 3.28. The van der Waals surface area contributed by atoms with Gasteiger partial charge in [-0.15, -0.1) is 6.58 Å². The zero-order valence-electron chi connectivity index (χ0n) is 8.97. The second kappa shape index (κ2) is 6.43. The highest BCUT2D eigenvalue weighted by molar-refractivity contribution is 5.74. The van der Waals surface area contributed by atoms with Crippen LogP contribution < -0.4 is 10.6 Å². The van der Waals surface area contributed by atoms with Gasteiger partial charge in [0.15, 0.2) is 0 Å². The van der Waals surface area contributed by atoms with E-state index < -0.39 is 5.60 Å².